The SMILES string of the molecule is c1ccc(-c2cccc(N(c3ccc(-c4cc(-n5c6ccccc6c6cc7ccccc7cc65)ccc4-c4ccccc4)cc3)c3ccc4ccc5ccccc5c4c3)c2)cc1. The predicted molar refractivity (Wildman–Crippen MR) is 264 cm³/mol. The Kier molecular flexibility index (Phi) is 8.53. The van der Waals surface area contributed by atoms with Gasteiger partial charge in [0.25, 0.3) is 0 Å². The second-order valence-corrected chi connectivity index (χ2v) is 16.2. The lowest BCUT2D eigenvalue weighted by Crippen LogP contribution is -2.10. The molecule has 2 heteroatoms. The van der Waals surface area contributed by atoms with Gasteiger partial charge in [-0.05, 0) is 132 Å². The zero-order chi connectivity index (χ0) is 41.0. The number of nitrogens with zero attached hydrogens (tertiary/aromatic N) is 2. The highest BCUT2D eigenvalue weighted by Gasteiger charge is 2.19. The molecule has 2 nitrogen and oxygen atoms in total. The molecule has 0 unspecified atom stereocenters. The fourth-order valence-corrected chi connectivity index (χ4v) is 9.53. The molecule has 0 aliphatic rings. The third-order valence-corrected chi connectivity index (χ3v) is 12.5. The molecule has 0 radical (unpaired) electrons. The molecule has 290 valence electrons. The molecule has 1 aromatic heterocycles. The minimum absolute atomic E-state index is 1.09. The van der Waals surface area contributed by atoms with Crippen molar-refractivity contribution in [3.8, 4) is 39.1 Å². The van der Waals surface area contributed by atoms with Crippen LogP contribution in [-0.4, -0.2) is 4.57 Å². The van der Waals surface area contributed by atoms with E-state index in [1.165, 1.54) is 81.9 Å². The van der Waals surface area contributed by atoms with Crippen LogP contribution < -0.4 is 4.90 Å². The summed E-state index contributed by atoms with van der Waals surface area (Å²) < 4.78 is 2.44. The average Bonchev–Trinajstić information content (AvgIpc) is 3.67. The van der Waals surface area contributed by atoms with E-state index >= 15 is 0 Å². The zero-order valence-electron chi connectivity index (χ0n) is 34.0. The molecular formula is C60H40N2. The summed E-state index contributed by atoms with van der Waals surface area (Å²) in [5.41, 5.74) is 13.9. The third-order valence-electron chi connectivity index (χ3n) is 12.5. The quantitative estimate of drug-likeness (QED) is 0.146. The molecule has 0 saturated carbocycles. The van der Waals surface area contributed by atoms with E-state index < -0.39 is 0 Å². The molecule has 12 aromatic rings. The fourth-order valence-electron chi connectivity index (χ4n) is 9.53. The summed E-state index contributed by atoms with van der Waals surface area (Å²) >= 11 is 0. The number of rotatable bonds is 7. The van der Waals surface area contributed by atoms with Crippen LogP contribution in [0.3, 0.4) is 0 Å². The molecule has 11 aromatic carbocycles. The van der Waals surface area contributed by atoms with Crippen LogP contribution in [-0.2, 0) is 0 Å². The van der Waals surface area contributed by atoms with Crippen LogP contribution in [0.2, 0.25) is 0 Å². The van der Waals surface area contributed by atoms with Gasteiger partial charge in [-0.3, -0.25) is 0 Å². The van der Waals surface area contributed by atoms with Gasteiger partial charge < -0.3 is 9.47 Å². The molecule has 0 N–H and O–H groups in total. The summed E-state index contributed by atoms with van der Waals surface area (Å²) in [7, 11) is 0. The Morgan fingerprint density at radius 3 is 1.63 bits per heavy atom. The lowest BCUT2D eigenvalue weighted by Gasteiger charge is -2.27. The topological polar surface area (TPSA) is 8.17 Å². The molecule has 0 spiro atoms. The normalized spacial score (nSPS) is 11.5. The number of hydrogen-bond acceptors (Lipinski definition) is 1. The van der Waals surface area contributed by atoms with E-state index in [2.05, 4.69) is 252 Å². The van der Waals surface area contributed by atoms with E-state index in [-0.39, 0.29) is 0 Å². The van der Waals surface area contributed by atoms with Gasteiger partial charge >= 0.3 is 0 Å². The van der Waals surface area contributed by atoms with E-state index in [1.54, 1.807) is 0 Å². The van der Waals surface area contributed by atoms with E-state index in [0.717, 1.165) is 28.3 Å². The molecule has 0 saturated heterocycles. The van der Waals surface area contributed by atoms with E-state index in [9.17, 15) is 0 Å². The Balaban J connectivity index is 1.03. The van der Waals surface area contributed by atoms with E-state index in [4.69, 9.17) is 0 Å². The number of hydrogen-bond donors (Lipinski definition) is 0. The molecule has 0 atom stereocenters. The van der Waals surface area contributed by atoms with Crippen molar-refractivity contribution in [3.05, 3.63) is 243 Å². The van der Waals surface area contributed by atoms with Crippen LogP contribution in [0.1, 0.15) is 0 Å². The van der Waals surface area contributed by atoms with Crippen molar-refractivity contribution in [2.24, 2.45) is 0 Å². The Labute approximate surface area is 360 Å². The Morgan fingerprint density at radius 2 is 0.839 bits per heavy atom. The molecule has 1 heterocycles. The highest BCUT2D eigenvalue weighted by Crippen LogP contribution is 2.42. The smallest absolute Gasteiger partial charge is 0.0547 e. The second-order valence-electron chi connectivity index (χ2n) is 16.2. The largest absolute Gasteiger partial charge is 0.310 e. The van der Waals surface area contributed by atoms with Gasteiger partial charge in [-0.2, -0.15) is 0 Å². The van der Waals surface area contributed by atoms with Crippen molar-refractivity contribution in [2.45, 2.75) is 0 Å². The van der Waals surface area contributed by atoms with Gasteiger partial charge in [0.15, 0.2) is 0 Å². The summed E-state index contributed by atoms with van der Waals surface area (Å²) in [4.78, 5) is 2.40. The first-order valence-electron chi connectivity index (χ1n) is 21.3. The average molecular weight is 789 g/mol. The molecule has 12 rings (SSSR count). The van der Waals surface area contributed by atoms with Gasteiger partial charge in [0, 0.05) is 33.5 Å². The minimum atomic E-state index is 1.09. The summed E-state index contributed by atoms with van der Waals surface area (Å²) in [6, 6.07) is 88.6. The van der Waals surface area contributed by atoms with Crippen LogP contribution in [0, 0.1) is 0 Å². The summed E-state index contributed by atoms with van der Waals surface area (Å²) in [6.45, 7) is 0. The molecule has 0 fully saturated rings. The summed E-state index contributed by atoms with van der Waals surface area (Å²) in [5, 5.41) is 9.96. The first-order valence-corrected chi connectivity index (χ1v) is 21.3. The van der Waals surface area contributed by atoms with E-state index in [1.807, 2.05) is 0 Å². The number of benzene rings is 11. The Hall–Kier alpha value is -8.20. The second kappa shape index (κ2) is 14.8. The first-order chi connectivity index (χ1) is 30.7. The Bertz CT molecular complexity index is 3620. The van der Waals surface area contributed by atoms with Crippen molar-refractivity contribution in [1.29, 1.82) is 0 Å². The summed E-state index contributed by atoms with van der Waals surface area (Å²) in [6.07, 6.45) is 0. The van der Waals surface area contributed by atoms with Crippen LogP contribution >= 0.6 is 0 Å². The van der Waals surface area contributed by atoms with Gasteiger partial charge in [-0.1, -0.05) is 176 Å². The zero-order valence-corrected chi connectivity index (χ0v) is 34.0. The monoisotopic (exact) mass is 788 g/mol. The van der Waals surface area contributed by atoms with Crippen LogP contribution in [0.25, 0.3) is 93.2 Å². The molecule has 62 heavy (non-hydrogen) atoms. The van der Waals surface area contributed by atoms with Crippen LogP contribution in [0.5, 0.6) is 0 Å². The molecule has 0 aliphatic heterocycles. The number of para-hydroxylation sites is 1. The van der Waals surface area contributed by atoms with Crippen molar-refractivity contribution in [1.82, 2.24) is 4.57 Å². The van der Waals surface area contributed by atoms with Gasteiger partial charge in [0.1, 0.15) is 0 Å². The highest BCUT2D eigenvalue weighted by molar-refractivity contribution is 6.14. The third kappa shape index (κ3) is 6.12. The minimum Gasteiger partial charge on any atom is -0.310 e. The highest BCUT2D eigenvalue weighted by atomic mass is 15.1. The van der Waals surface area contributed by atoms with Gasteiger partial charge in [-0.25, -0.2) is 0 Å². The van der Waals surface area contributed by atoms with E-state index in [0.29, 0.717) is 0 Å². The van der Waals surface area contributed by atoms with Gasteiger partial charge in [0.2, 0.25) is 0 Å². The maximum Gasteiger partial charge on any atom is 0.0547 e. The van der Waals surface area contributed by atoms with Gasteiger partial charge in [-0.15, -0.1) is 0 Å². The lowest BCUT2D eigenvalue weighted by atomic mass is 9.93. The Morgan fingerprint density at radius 1 is 0.258 bits per heavy atom. The number of fused-ring (bicyclic) bond motifs is 7. The van der Waals surface area contributed by atoms with Crippen molar-refractivity contribution < 1.29 is 0 Å². The molecule has 0 amide bonds. The standard InChI is InChI=1S/C60H40N2/c1-3-14-41(15-4-1)46-21-13-22-50(36-46)61(51-33-30-44-27-26-43-18-9-10-23-53(43)56(44)39-51)49-31-28-45(29-32-49)57-40-52(34-35-54(57)42-16-5-2-6-17-42)62-59-25-12-11-24-55(59)58-37-47-19-7-8-20-48(47)38-60(58)62/h1-40H. The molecule has 0 aliphatic carbocycles. The lowest BCUT2D eigenvalue weighted by molar-refractivity contribution is 1.18. The first kappa shape index (κ1) is 35.7. The van der Waals surface area contributed by atoms with Crippen molar-refractivity contribution in [3.63, 3.8) is 0 Å². The number of anilines is 3. The van der Waals surface area contributed by atoms with Crippen molar-refractivity contribution >= 4 is 71.2 Å². The maximum absolute atomic E-state index is 2.44. The number of aromatic nitrogens is 1. The summed E-state index contributed by atoms with van der Waals surface area (Å²) in [5.74, 6) is 0. The maximum atomic E-state index is 2.44. The fraction of sp³-hybridized carbons (Fsp3) is 0. The predicted octanol–water partition coefficient (Wildman–Crippen LogP) is 16.7. The van der Waals surface area contributed by atoms with Crippen LogP contribution in [0.4, 0.5) is 17.1 Å². The van der Waals surface area contributed by atoms with Crippen molar-refractivity contribution in [2.75, 3.05) is 4.90 Å². The molecular weight excluding hydrogens is 749 g/mol. The van der Waals surface area contributed by atoms with Gasteiger partial charge in [0.05, 0.1) is 11.0 Å². The van der Waals surface area contributed by atoms with Crippen LogP contribution in [0.15, 0.2) is 243 Å². The molecule has 0 bridgehead atoms.